The molecule has 30 heavy (non-hydrogen) atoms. The number of carbonyl (C=O) groups excluding carboxylic acids is 1. The molecule has 9 nitrogen and oxygen atoms in total. The van der Waals surface area contributed by atoms with Crippen molar-refractivity contribution in [3.05, 3.63) is 64.6 Å². The van der Waals surface area contributed by atoms with Gasteiger partial charge in [-0.05, 0) is 43.7 Å². The standard InChI is InChI=1S/C20H22N4O5S/c1-3-13-24-20(26)17-8-6-5-7-16(17)18(22-24)19(25)21-23-30(27,28)15-11-9-14(10-12-15)29-4-2/h5-12,23H,3-4,13H2,1-2H3,(H,21,25). The number of ether oxygens (including phenoxy) is 1. The Balaban J connectivity index is 1.86. The van der Waals surface area contributed by atoms with Gasteiger partial charge in [0.05, 0.1) is 16.9 Å². The van der Waals surface area contributed by atoms with Crippen molar-refractivity contribution in [3.8, 4) is 5.75 Å². The van der Waals surface area contributed by atoms with Crippen LogP contribution in [0.2, 0.25) is 0 Å². The van der Waals surface area contributed by atoms with Gasteiger partial charge in [0.25, 0.3) is 21.5 Å². The van der Waals surface area contributed by atoms with Crippen molar-refractivity contribution in [1.82, 2.24) is 20.0 Å². The van der Waals surface area contributed by atoms with Crippen LogP contribution in [0, 0.1) is 0 Å². The van der Waals surface area contributed by atoms with Crippen LogP contribution in [0.25, 0.3) is 10.8 Å². The van der Waals surface area contributed by atoms with Crippen LogP contribution in [0.15, 0.2) is 58.2 Å². The SMILES string of the molecule is CCCn1nc(C(=O)NNS(=O)(=O)c2ccc(OCC)cc2)c2ccccc2c1=O. The van der Waals surface area contributed by atoms with Gasteiger partial charge in [0.15, 0.2) is 5.69 Å². The zero-order valence-electron chi connectivity index (χ0n) is 16.6. The molecule has 0 saturated heterocycles. The number of rotatable bonds is 8. The molecule has 0 saturated carbocycles. The first-order valence-corrected chi connectivity index (χ1v) is 10.9. The smallest absolute Gasteiger partial charge is 0.287 e. The molecule has 3 rings (SSSR count). The van der Waals surface area contributed by atoms with E-state index in [4.69, 9.17) is 4.74 Å². The fourth-order valence-electron chi connectivity index (χ4n) is 2.88. The molecule has 1 aromatic heterocycles. The summed E-state index contributed by atoms with van der Waals surface area (Å²) in [4.78, 5) is 27.2. The lowest BCUT2D eigenvalue weighted by atomic mass is 10.1. The van der Waals surface area contributed by atoms with E-state index in [1.165, 1.54) is 28.9 Å². The number of hydrogen-bond acceptors (Lipinski definition) is 6. The minimum absolute atomic E-state index is 0.0416. The van der Waals surface area contributed by atoms with Gasteiger partial charge in [-0.1, -0.05) is 25.1 Å². The molecule has 0 atom stereocenters. The number of amides is 1. The van der Waals surface area contributed by atoms with Crippen LogP contribution in [-0.2, 0) is 16.6 Å². The Morgan fingerprint density at radius 3 is 2.37 bits per heavy atom. The molecule has 0 fully saturated rings. The summed E-state index contributed by atoms with van der Waals surface area (Å²) in [5.41, 5.74) is 1.82. The molecule has 0 aliphatic heterocycles. The third-order valence-electron chi connectivity index (χ3n) is 4.26. The third kappa shape index (κ3) is 4.50. The number of aromatic nitrogens is 2. The molecule has 0 aliphatic rings. The van der Waals surface area contributed by atoms with Gasteiger partial charge in [0.1, 0.15) is 5.75 Å². The Morgan fingerprint density at radius 2 is 1.73 bits per heavy atom. The fraction of sp³-hybridized carbons (Fsp3) is 0.250. The normalized spacial score (nSPS) is 11.4. The quantitative estimate of drug-likeness (QED) is 0.526. The molecule has 3 aromatic rings. The van der Waals surface area contributed by atoms with Crippen LogP contribution < -0.4 is 20.6 Å². The number of fused-ring (bicyclic) bond motifs is 1. The lowest BCUT2D eigenvalue weighted by molar-refractivity contribution is 0.0939. The number of hydrazine groups is 1. The molecule has 0 radical (unpaired) electrons. The average Bonchev–Trinajstić information content (AvgIpc) is 2.75. The maximum absolute atomic E-state index is 12.7. The van der Waals surface area contributed by atoms with E-state index in [1.807, 2.05) is 13.8 Å². The van der Waals surface area contributed by atoms with Crippen LogP contribution in [0.5, 0.6) is 5.75 Å². The second-order valence-corrected chi connectivity index (χ2v) is 8.07. The Morgan fingerprint density at radius 1 is 1.07 bits per heavy atom. The number of carbonyl (C=O) groups is 1. The van der Waals surface area contributed by atoms with E-state index in [0.717, 1.165) is 0 Å². The van der Waals surface area contributed by atoms with E-state index in [1.54, 1.807) is 24.3 Å². The minimum Gasteiger partial charge on any atom is -0.494 e. The van der Waals surface area contributed by atoms with Crippen molar-refractivity contribution in [3.63, 3.8) is 0 Å². The molecular weight excluding hydrogens is 408 g/mol. The first-order valence-electron chi connectivity index (χ1n) is 9.42. The number of nitrogens with zero attached hydrogens (tertiary/aromatic N) is 2. The molecule has 0 aliphatic carbocycles. The van der Waals surface area contributed by atoms with Gasteiger partial charge in [-0.2, -0.15) is 5.10 Å². The van der Waals surface area contributed by atoms with Gasteiger partial charge in [0.2, 0.25) is 0 Å². The van der Waals surface area contributed by atoms with Gasteiger partial charge in [-0.25, -0.2) is 13.1 Å². The number of nitrogens with one attached hydrogen (secondary N) is 2. The molecule has 2 aromatic carbocycles. The van der Waals surface area contributed by atoms with Gasteiger partial charge in [0, 0.05) is 11.9 Å². The second-order valence-electron chi connectivity index (χ2n) is 6.39. The number of benzene rings is 2. The zero-order chi connectivity index (χ0) is 21.7. The van der Waals surface area contributed by atoms with E-state index in [-0.39, 0.29) is 16.1 Å². The number of sulfonamides is 1. The van der Waals surface area contributed by atoms with Crippen molar-refractivity contribution in [2.45, 2.75) is 31.7 Å². The molecule has 1 amide bonds. The van der Waals surface area contributed by atoms with Crippen molar-refractivity contribution >= 4 is 26.7 Å². The Bertz CT molecular complexity index is 1220. The highest BCUT2D eigenvalue weighted by Crippen LogP contribution is 2.16. The monoisotopic (exact) mass is 430 g/mol. The second kappa shape index (κ2) is 9.06. The number of hydrogen-bond donors (Lipinski definition) is 2. The molecule has 0 bridgehead atoms. The summed E-state index contributed by atoms with van der Waals surface area (Å²) < 4.78 is 31.5. The van der Waals surface area contributed by atoms with E-state index in [9.17, 15) is 18.0 Å². The highest BCUT2D eigenvalue weighted by atomic mass is 32.2. The summed E-state index contributed by atoms with van der Waals surface area (Å²) >= 11 is 0. The lowest BCUT2D eigenvalue weighted by Gasteiger charge is -2.12. The molecule has 0 unspecified atom stereocenters. The zero-order valence-corrected chi connectivity index (χ0v) is 17.4. The average molecular weight is 430 g/mol. The van der Waals surface area contributed by atoms with Gasteiger partial charge >= 0.3 is 0 Å². The van der Waals surface area contributed by atoms with Crippen molar-refractivity contribution in [2.75, 3.05) is 6.61 Å². The van der Waals surface area contributed by atoms with Crippen LogP contribution in [0.1, 0.15) is 30.8 Å². The van der Waals surface area contributed by atoms with Crippen LogP contribution in [-0.4, -0.2) is 30.7 Å². The summed E-state index contributed by atoms with van der Waals surface area (Å²) in [5, 5.41) is 4.81. The van der Waals surface area contributed by atoms with E-state index < -0.39 is 15.9 Å². The van der Waals surface area contributed by atoms with Crippen LogP contribution in [0.4, 0.5) is 0 Å². The van der Waals surface area contributed by atoms with Gasteiger partial charge in [-0.15, -0.1) is 4.83 Å². The van der Waals surface area contributed by atoms with Crippen molar-refractivity contribution in [1.29, 1.82) is 0 Å². The van der Waals surface area contributed by atoms with Gasteiger partial charge < -0.3 is 4.74 Å². The summed E-state index contributed by atoms with van der Waals surface area (Å²) in [6.07, 6.45) is 0.649. The molecule has 10 heteroatoms. The van der Waals surface area contributed by atoms with E-state index in [2.05, 4.69) is 15.4 Å². The molecular formula is C20H22N4O5S. The van der Waals surface area contributed by atoms with Crippen molar-refractivity contribution < 1.29 is 17.9 Å². The Hall–Kier alpha value is -3.24. The van der Waals surface area contributed by atoms with E-state index in [0.29, 0.717) is 36.1 Å². The maximum Gasteiger partial charge on any atom is 0.287 e. The summed E-state index contributed by atoms with van der Waals surface area (Å²) in [6, 6.07) is 12.3. The minimum atomic E-state index is -4.01. The van der Waals surface area contributed by atoms with Gasteiger partial charge in [-0.3, -0.25) is 15.0 Å². The fourth-order valence-corrected chi connectivity index (χ4v) is 3.72. The molecule has 158 valence electrons. The van der Waals surface area contributed by atoms with E-state index >= 15 is 0 Å². The van der Waals surface area contributed by atoms with Crippen LogP contribution >= 0.6 is 0 Å². The maximum atomic E-state index is 12.7. The largest absolute Gasteiger partial charge is 0.494 e. The lowest BCUT2D eigenvalue weighted by Crippen LogP contribution is -2.42. The Labute approximate surface area is 173 Å². The molecule has 0 spiro atoms. The predicted molar refractivity (Wildman–Crippen MR) is 112 cm³/mol. The highest BCUT2D eigenvalue weighted by Gasteiger charge is 2.20. The predicted octanol–water partition coefficient (Wildman–Crippen LogP) is 1.83. The topological polar surface area (TPSA) is 119 Å². The number of aryl methyl sites for hydroxylation is 1. The highest BCUT2D eigenvalue weighted by molar-refractivity contribution is 7.89. The van der Waals surface area contributed by atoms with Crippen LogP contribution in [0.3, 0.4) is 0 Å². The third-order valence-corrected chi connectivity index (χ3v) is 5.53. The first kappa shape index (κ1) is 21.5. The Kier molecular flexibility index (Phi) is 6.48. The molecule has 1 heterocycles. The summed E-state index contributed by atoms with van der Waals surface area (Å²) in [5.74, 6) is -0.236. The first-order chi connectivity index (χ1) is 14.4. The summed E-state index contributed by atoms with van der Waals surface area (Å²) in [7, 11) is -4.01. The van der Waals surface area contributed by atoms with Crippen molar-refractivity contribution in [2.24, 2.45) is 0 Å². The summed E-state index contributed by atoms with van der Waals surface area (Å²) in [6.45, 7) is 4.50. The molecule has 2 N–H and O–H groups in total.